The molecule has 2 aromatic heterocycles. The zero-order chi connectivity index (χ0) is 31.5. The van der Waals surface area contributed by atoms with E-state index >= 15 is 0 Å². The minimum atomic E-state index is -0.994. The van der Waals surface area contributed by atoms with Gasteiger partial charge in [-0.2, -0.15) is 9.78 Å². The first-order valence-electron chi connectivity index (χ1n) is 13.9. The number of carboxylic acid groups (broad SMARTS) is 1. The molecule has 0 amide bonds. The number of hydrogen-bond donors (Lipinski definition) is 1. The molecule has 0 bridgehead atoms. The Hall–Kier alpha value is -5.67. The summed E-state index contributed by atoms with van der Waals surface area (Å²) in [5.74, 6) is 0.567. The summed E-state index contributed by atoms with van der Waals surface area (Å²) < 4.78 is 19.1. The maximum atomic E-state index is 13.7. The number of ether oxygens (including phenoxy) is 2. The highest BCUT2D eigenvalue weighted by Gasteiger charge is 2.18. The molecule has 0 spiro atoms. The van der Waals surface area contributed by atoms with Crippen molar-refractivity contribution in [2.75, 3.05) is 7.11 Å². The lowest BCUT2D eigenvalue weighted by molar-refractivity contribution is 0.0697. The number of rotatable bonds is 10. The third-order valence-electron chi connectivity index (χ3n) is 7.10. The average molecular weight is 620 g/mol. The van der Waals surface area contributed by atoms with Crippen LogP contribution in [-0.4, -0.2) is 34.1 Å². The number of allylic oxidation sites excluding steroid dienone is 1. The molecule has 0 aliphatic heterocycles. The Bertz CT molecular complexity index is 2170. The summed E-state index contributed by atoms with van der Waals surface area (Å²) in [6.07, 6.45) is 3.76. The lowest BCUT2D eigenvalue weighted by atomic mass is 10.1. The van der Waals surface area contributed by atoms with Crippen LogP contribution in [0.3, 0.4) is 0 Å². The molecule has 4 aromatic carbocycles. The number of nitrogens with zero attached hydrogens (tertiary/aromatic N) is 3. The molecule has 0 saturated carbocycles. The second-order valence-corrected chi connectivity index (χ2v) is 10.5. The van der Waals surface area contributed by atoms with Crippen LogP contribution in [0.1, 0.15) is 27.0 Å². The van der Waals surface area contributed by atoms with Crippen molar-refractivity contribution in [3.05, 3.63) is 135 Å². The highest BCUT2D eigenvalue weighted by molar-refractivity contribution is 6.31. The van der Waals surface area contributed by atoms with Crippen LogP contribution in [-0.2, 0) is 13.0 Å². The molecule has 0 atom stereocenters. The molecule has 10 heteroatoms. The van der Waals surface area contributed by atoms with Crippen molar-refractivity contribution in [1.82, 2.24) is 9.66 Å². The van der Waals surface area contributed by atoms with Crippen molar-refractivity contribution >= 4 is 45.7 Å². The lowest BCUT2D eigenvalue weighted by Gasteiger charge is -2.16. The molecule has 6 aromatic rings. The normalized spacial score (nSPS) is 11.3. The van der Waals surface area contributed by atoms with Gasteiger partial charge in [-0.15, -0.1) is 6.58 Å². The molecule has 224 valence electrons. The second kappa shape index (κ2) is 12.5. The molecule has 45 heavy (non-hydrogen) atoms. The van der Waals surface area contributed by atoms with Crippen LogP contribution in [0.4, 0.5) is 0 Å². The molecule has 1 N–H and O–H groups in total. The van der Waals surface area contributed by atoms with Gasteiger partial charge in [-0.1, -0.05) is 41.9 Å². The van der Waals surface area contributed by atoms with Gasteiger partial charge in [0.1, 0.15) is 12.2 Å². The molecular formula is C35H26ClN3O6. The van der Waals surface area contributed by atoms with Gasteiger partial charge in [0.15, 0.2) is 17.3 Å². The van der Waals surface area contributed by atoms with Crippen LogP contribution < -0.4 is 15.0 Å². The molecule has 6 rings (SSSR count). The fraction of sp³-hybridized carbons (Fsp3) is 0.0857. The summed E-state index contributed by atoms with van der Waals surface area (Å²) in [5.41, 5.74) is 3.16. The Morgan fingerprint density at radius 3 is 2.64 bits per heavy atom. The monoisotopic (exact) mass is 619 g/mol. The predicted octanol–water partition coefficient (Wildman–Crippen LogP) is 7.36. The van der Waals surface area contributed by atoms with E-state index in [1.807, 2.05) is 12.1 Å². The van der Waals surface area contributed by atoms with E-state index in [4.69, 9.17) is 35.6 Å². The molecule has 0 fully saturated rings. The minimum Gasteiger partial charge on any atom is -0.493 e. The van der Waals surface area contributed by atoms with Crippen molar-refractivity contribution in [2.45, 2.75) is 13.0 Å². The quantitative estimate of drug-likeness (QED) is 0.126. The highest BCUT2D eigenvalue weighted by Crippen LogP contribution is 2.34. The molecule has 0 aliphatic carbocycles. The van der Waals surface area contributed by atoms with Crippen molar-refractivity contribution in [2.24, 2.45) is 5.10 Å². The second-order valence-electron chi connectivity index (χ2n) is 10.1. The summed E-state index contributed by atoms with van der Waals surface area (Å²) in [7, 11) is 1.53. The Morgan fingerprint density at radius 2 is 1.89 bits per heavy atom. The zero-order valence-corrected chi connectivity index (χ0v) is 24.8. The average Bonchev–Trinajstić information content (AvgIpc) is 3.47. The molecule has 0 aliphatic rings. The van der Waals surface area contributed by atoms with Gasteiger partial charge in [0.2, 0.25) is 5.82 Å². The van der Waals surface area contributed by atoms with Crippen molar-refractivity contribution in [3.63, 3.8) is 0 Å². The van der Waals surface area contributed by atoms with Crippen LogP contribution in [0.15, 0.2) is 112 Å². The first kappa shape index (κ1) is 29.4. The fourth-order valence-corrected chi connectivity index (χ4v) is 5.10. The van der Waals surface area contributed by atoms with Crippen LogP contribution >= 0.6 is 11.6 Å². The lowest BCUT2D eigenvalue weighted by Crippen LogP contribution is -2.20. The van der Waals surface area contributed by atoms with Crippen molar-refractivity contribution in [3.8, 4) is 23.1 Å². The number of hydrogen-bond acceptors (Lipinski definition) is 7. The van der Waals surface area contributed by atoms with Crippen LogP contribution in [0.5, 0.6) is 11.5 Å². The Balaban J connectivity index is 1.39. The van der Waals surface area contributed by atoms with E-state index in [9.17, 15) is 9.59 Å². The largest absolute Gasteiger partial charge is 0.493 e. The van der Waals surface area contributed by atoms with Crippen molar-refractivity contribution in [1.29, 1.82) is 0 Å². The van der Waals surface area contributed by atoms with Crippen LogP contribution in [0, 0.1) is 0 Å². The SMILES string of the molecule is C=CCc1cc(C=Nn2c(-c3cc4cc(Cl)ccc4o3)nc3ccccc3c2=O)cc(OC)c1OCc1ccc(C(=O)O)cc1. The summed E-state index contributed by atoms with van der Waals surface area (Å²) >= 11 is 6.18. The fourth-order valence-electron chi connectivity index (χ4n) is 4.92. The van der Waals surface area contributed by atoms with E-state index in [2.05, 4.69) is 11.7 Å². The van der Waals surface area contributed by atoms with E-state index in [-0.39, 0.29) is 23.6 Å². The summed E-state index contributed by atoms with van der Waals surface area (Å²) in [4.78, 5) is 29.6. The number of fused-ring (bicyclic) bond motifs is 2. The first-order chi connectivity index (χ1) is 21.8. The van der Waals surface area contributed by atoms with Gasteiger partial charge >= 0.3 is 5.97 Å². The van der Waals surface area contributed by atoms with Gasteiger partial charge in [0, 0.05) is 16.0 Å². The standard InChI is InChI=1S/C35H26ClN3O6/c1-3-6-24-15-22(16-30(43-2)32(24)44-20-21-9-11-23(12-10-21)35(41)42)19-37-39-33(38-28-8-5-4-7-27(28)34(39)40)31-18-25-17-26(36)13-14-29(25)45-31/h3-5,7-19H,1,6,20H2,2H3,(H,41,42). The van der Waals surface area contributed by atoms with Gasteiger partial charge in [-0.3, -0.25) is 4.79 Å². The molecule has 0 radical (unpaired) electrons. The number of furan rings is 1. The number of benzene rings is 4. The van der Waals surface area contributed by atoms with Gasteiger partial charge in [-0.25, -0.2) is 9.78 Å². The zero-order valence-electron chi connectivity index (χ0n) is 24.1. The maximum absolute atomic E-state index is 13.7. The van der Waals surface area contributed by atoms with E-state index in [1.165, 1.54) is 23.9 Å². The predicted molar refractivity (Wildman–Crippen MR) is 174 cm³/mol. The maximum Gasteiger partial charge on any atom is 0.335 e. The highest BCUT2D eigenvalue weighted by atomic mass is 35.5. The summed E-state index contributed by atoms with van der Waals surface area (Å²) in [6, 6.07) is 24.2. The molecular weight excluding hydrogens is 594 g/mol. The Morgan fingerprint density at radius 1 is 1.09 bits per heavy atom. The molecule has 0 unspecified atom stereocenters. The van der Waals surface area contributed by atoms with E-state index < -0.39 is 5.97 Å². The summed E-state index contributed by atoms with van der Waals surface area (Å²) in [6.45, 7) is 4.06. The van der Waals surface area contributed by atoms with Crippen molar-refractivity contribution < 1.29 is 23.8 Å². The van der Waals surface area contributed by atoms with E-state index in [0.29, 0.717) is 50.8 Å². The Labute approximate surface area is 262 Å². The number of carbonyl (C=O) groups is 1. The molecule has 2 heterocycles. The van der Waals surface area contributed by atoms with Gasteiger partial charge < -0.3 is 19.0 Å². The van der Waals surface area contributed by atoms with E-state index in [0.717, 1.165) is 16.5 Å². The van der Waals surface area contributed by atoms with Gasteiger partial charge in [-0.05, 0) is 78.2 Å². The number of aromatic carboxylic acids is 1. The first-order valence-corrected chi connectivity index (χ1v) is 14.2. The number of halogens is 1. The number of aromatic nitrogens is 2. The topological polar surface area (TPSA) is 116 Å². The molecule has 0 saturated heterocycles. The smallest absolute Gasteiger partial charge is 0.335 e. The number of carboxylic acids is 1. The number of methoxy groups -OCH3 is 1. The third kappa shape index (κ3) is 6.07. The van der Waals surface area contributed by atoms with Gasteiger partial charge in [0.25, 0.3) is 5.56 Å². The summed E-state index contributed by atoms with van der Waals surface area (Å²) in [5, 5.41) is 15.5. The third-order valence-corrected chi connectivity index (χ3v) is 7.33. The molecule has 9 nitrogen and oxygen atoms in total. The minimum absolute atomic E-state index is 0.193. The van der Waals surface area contributed by atoms with Crippen LogP contribution in [0.25, 0.3) is 33.5 Å². The number of para-hydroxylation sites is 1. The Kier molecular flexibility index (Phi) is 8.18. The van der Waals surface area contributed by atoms with E-state index in [1.54, 1.807) is 73.0 Å². The van der Waals surface area contributed by atoms with Gasteiger partial charge in [0.05, 0.1) is 29.8 Å². The van der Waals surface area contributed by atoms with Crippen LogP contribution in [0.2, 0.25) is 5.02 Å².